The third-order valence-corrected chi connectivity index (χ3v) is 11.3. The van der Waals surface area contributed by atoms with Gasteiger partial charge in [0.05, 0.1) is 29.3 Å². The standard InChI is InChI=1S/C30H38N4O4S2/c1-21-17-25(38-3)18-22(2)30(21)40(36,37)34-15-5-4-7-24(34)8-6-9-29(35)33-16-12-26-27(20-33)39-28(32-26)19-23-10-13-31-14-11-23/h10-11,13-14,17-18,24H,4-9,12,15-16,19-20H2,1-3H3. The Labute approximate surface area is 241 Å². The van der Waals surface area contributed by atoms with Crippen LogP contribution in [0.25, 0.3) is 0 Å². The van der Waals surface area contributed by atoms with Crippen LogP contribution in [0.1, 0.15) is 70.8 Å². The van der Waals surface area contributed by atoms with Crippen LogP contribution >= 0.6 is 11.3 Å². The second kappa shape index (κ2) is 12.4. The molecule has 10 heteroatoms. The summed E-state index contributed by atoms with van der Waals surface area (Å²) in [6.07, 6.45) is 9.65. The number of benzene rings is 1. The number of aryl methyl sites for hydroxylation is 2. The smallest absolute Gasteiger partial charge is 0.243 e. The van der Waals surface area contributed by atoms with E-state index in [1.54, 1.807) is 47.3 Å². The number of amides is 1. The van der Waals surface area contributed by atoms with Gasteiger partial charge >= 0.3 is 0 Å². The summed E-state index contributed by atoms with van der Waals surface area (Å²) in [7, 11) is -2.06. The van der Waals surface area contributed by atoms with Gasteiger partial charge in [0.15, 0.2) is 0 Å². The maximum absolute atomic E-state index is 13.8. The second-order valence-corrected chi connectivity index (χ2v) is 13.8. The highest BCUT2D eigenvalue weighted by Crippen LogP contribution is 2.33. The number of piperidine rings is 1. The van der Waals surface area contributed by atoms with Crippen LogP contribution in [0.3, 0.4) is 0 Å². The van der Waals surface area contributed by atoms with Gasteiger partial charge in [-0.15, -0.1) is 11.3 Å². The Morgan fingerprint density at radius 1 is 1.12 bits per heavy atom. The molecule has 2 aliphatic heterocycles. The van der Waals surface area contributed by atoms with Gasteiger partial charge in [0.1, 0.15) is 5.75 Å². The number of thiazole rings is 1. The Kier molecular flexibility index (Phi) is 8.87. The summed E-state index contributed by atoms with van der Waals surface area (Å²) in [5.41, 5.74) is 3.70. The van der Waals surface area contributed by atoms with Gasteiger partial charge in [-0.1, -0.05) is 6.42 Å². The van der Waals surface area contributed by atoms with E-state index in [1.165, 1.54) is 10.4 Å². The molecule has 1 atom stereocenters. The minimum absolute atomic E-state index is 0.0855. The Morgan fingerprint density at radius 2 is 1.88 bits per heavy atom. The van der Waals surface area contributed by atoms with Crippen molar-refractivity contribution in [3.05, 3.63) is 68.9 Å². The van der Waals surface area contributed by atoms with Gasteiger partial charge in [0, 0.05) is 55.7 Å². The van der Waals surface area contributed by atoms with Crippen molar-refractivity contribution < 1.29 is 17.9 Å². The molecule has 1 amide bonds. The molecule has 0 saturated carbocycles. The van der Waals surface area contributed by atoms with E-state index in [0.717, 1.165) is 42.8 Å². The van der Waals surface area contributed by atoms with E-state index < -0.39 is 10.0 Å². The lowest BCUT2D eigenvalue weighted by molar-refractivity contribution is -0.132. The van der Waals surface area contributed by atoms with Crippen molar-refractivity contribution in [2.45, 2.75) is 82.7 Å². The predicted octanol–water partition coefficient (Wildman–Crippen LogP) is 5.05. The van der Waals surface area contributed by atoms with Gasteiger partial charge in [-0.3, -0.25) is 9.78 Å². The minimum Gasteiger partial charge on any atom is -0.497 e. The highest BCUT2D eigenvalue weighted by molar-refractivity contribution is 7.89. The van der Waals surface area contributed by atoms with E-state index >= 15 is 0 Å². The van der Waals surface area contributed by atoms with Crippen LogP contribution in [0.2, 0.25) is 0 Å². The van der Waals surface area contributed by atoms with E-state index in [-0.39, 0.29) is 11.9 Å². The minimum atomic E-state index is -3.65. The molecule has 0 aliphatic carbocycles. The van der Waals surface area contributed by atoms with E-state index in [4.69, 9.17) is 9.72 Å². The molecular formula is C30H38N4O4S2. The molecule has 0 bridgehead atoms. The number of hydrogen-bond acceptors (Lipinski definition) is 7. The molecule has 1 aromatic carbocycles. The summed E-state index contributed by atoms with van der Waals surface area (Å²) < 4.78 is 34.7. The number of pyridine rings is 1. The summed E-state index contributed by atoms with van der Waals surface area (Å²) in [6.45, 7) is 5.48. The van der Waals surface area contributed by atoms with Gasteiger partial charge in [0.2, 0.25) is 15.9 Å². The molecule has 214 valence electrons. The molecule has 5 rings (SSSR count). The Hall–Kier alpha value is -2.82. The van der Waals surface area contributed by atoms with Crippen LogP contribution in [0.4, 0.5) is 0 Å². The number of rotatable bonds is 9. The summed E-state index contributed by atoms with van der Waals surface area (Å²) in [5.74, 6) is 0.803. The van der Waals surface area contributed by atoms with Crippen LogP contribution in [-0.2, 0) is 34.2 Å². The van der Waals surface area contributed by atoms with E-state index in [1.807, 2.05) is 30.9 Å². The number of nitrogens with zero attached hydrogens (tertiary/aromatic N) is 4. The van der Waals surface area contributed by atoms with Crippen LogP contribution in [0.15, 0.2) is 41.6 Å². The van der Waals surface area contributed by atoms with Crippen molar-refractivity contribution in [2.24, 2.45) is 0 Å². The molecule has 0 spiro atoms. The van der Waals surface area contributed by atoms with Crippen molar-refractivity contribution in [1.29, 1.82) is 0 Å². The fourth-order valence-electron chi connectivity index (χ4n) is 5.99. The number of ether oxygens (including phenoxy) is 1. The maximum atomic E-state index is 13.8. The molecule has 0 N–H and O–H groups in total. The van der Waals surface area contributed by atoms with Gasteiger partial charge in [0.25, 0.3) is 0 Å². The highest BCUT2D eigenvalue weighted by atomic mass is 32.2. The van der Waals surface area contributed by atoms with Gasteiger partial charge in [-0.05, 0) is 80.5 Å². The molecule has 1 saturated heterocycles. The van der Waals surface area contributed by atoms with E-state index in [0.29, 0.717) is 60.7 Å². The predicted molar refractivity (Wildman–Crippen MR) is 156 cm³/mol. The Bertz CT molecular complexity index is 1430. The number of carbonyl (C=O) groups is 1. The van der Waals surface area contributed by atoms with Crippen LogP contribution in [0, 0.1) is 13.8 Å². The number of methoxy groups -OCH3 is 1. The Morgan fingerprint density at radius 3 is 2.60 bits per heavy atom. The Balaban J connectivity index is 1.19. The summed E-state index contributed by atoms with van der Waals surface area (Å²) in [5, 5.41) is 1.08. The summed E-state index contributed by atoms with van der Waals surface area (Å²) >= 11 is 1.70. The zero-order valence-corrected chi connectivity index (χ0v) is 25.2. The molecular weight excluding hydrogens is 544 g/mol. The molecule has 8 nitrogen and oxygen atoms in total. The van der Waals surface area contributed by atoms with Crippen molar-refractivity contribution in [1.82, 2.24) is 19.2 Å². The lowest BCUT2D eigenvalue weighted by Crippen LogP contribution is -2.44. The average Bonchev–Trinajstić information content (AvgIpc) is 3.34. The van der Waals surface area contributed by atoms with Crippen LogP contribution < -0.4 is 4.74 Å². The summed E-state index contributed by atoms with van der Waals surface area (Å²) in [6, 6.07) is 7.50. The molecule has 2 aliphatic rings. The lowest BCUT2D eigenvalue weighted by atomic mass is 9.99. The molecule has 0 radical (unpaired) electrons. The van der Waals surface area contributed by atoms with Crippen molar-refractivity contribution in [3.8, 4) is 5.75 Å². The van der Waals surface area contributed by atoms with Gasteiger partial charge < -0.3 is 9.64 Å². The summed E-state index contributed by atoms with van der Waals surface area (Å²) in [4.78, 5) is 25.6. The third-order valence-electron chi connectivity index (χ3n) is 7.97. The van der Waals surface area contributed by atoms with Crippen molar-refractivity contribution >= 4 is 27.3 Å². The van der Waals surface area contributed by atoms with Crippen LogP contribution in [-0.4, -0.2) is 59.7 Å². The first-order valence-corrected chi connectivity index (χ1v) is 16.3. The normalized spacial score (nSPS) is 18.0. The van der Waals surface area contributed by atoms with Gasteiger partial charge in [-0.2, -0.15) is 4.31 Å². The largest absolute Gasteiger partial charge is 0.497 e. The van der Waals surface area contributed by atoms with E-state index in [2.05, 4.69) is 4.98 Å². The molecule has 4 heterocycles. The monoisotopic (exact) mass is 582 g/mol. The average molecular weight is 583 g/mol. The third kappa shape index (κ3) is 6.24. The molecule has 2 aromatic heterocycles. The van der Waals surface area contributed by atoms with Crippen molar-refractivity contribution in [2.75, 3.05) is 20.2 Å². The highest BCUT2D eigenvalue weighted by Gasteiger charge is 2.35. The number of hydrogen-bond donors (Lipinski definition) is 0. The first-order chi connectivity index (χ1) is 19.3. The zero-order chi connectivity index (χ0) is 28.3. The topological polar surface area (TPSA) is 92.7 Å². The fraction of sp³-hybridized carbons (Fsp3) is 0.500. The first kappa shape index (κ1) is 28.7. The lowest BCUT2D eigenvalue weighted by Gasteiger charge is -2.35. The number of fused-ring (bicyclic) bond motifs is 1. The number of aromatic nitrogens is 2. The molecule has 1 unspecified atom stereocenters. The van der Waals surface area contributed by atoms with E-state index in [9.17, 15) is 13.2 Å². The van der Waals surface area contributed by atoms with Crippen LogP contribution in [0.5, 0.6) is 5.75 Å². The number of sulfonamides is 1. The second-order valence-electron chi connectivity index (χ2n) is 10.8. The number of carbonyl (C=O) groups excluding carboxylic acids is 1. The molecule has 40 heavy (non-hydrogen) atoms. The molecule has 3 aromatic rings. The fourth-order valence-corrected chi connectivity index (χ4v) is 9.30. The SMILES string of the molecule is COc1cc(C)c(S(=O)(=O)N2CCCCC2CCCC(=O)N2CCc3nc(Cc4ccncc4)sc3C2)c(C)c1. The molecule has 1 fully saturated rings. The first-order valence-electron chi connectivity index (χ1n) is 14.1. The zero-order valence-electron chi connectivity index (χ0n) is 23.6. The quantitative estimate of drug-likeness (QED) is 0.351. The maximum Gasteiger partial charge on any atom is 0.243 e. The van der Waals surface area contributed by atoms with Crippen molar-refractivity contribution in [3.63, 3.8) is 0 Å². The van der Waals surface area contributed by atoms with Gasteiger partial charge in [-0.25, -0.2) is 13.4 Å².